The van der Waals surface area contributed by atoms with Crippen LogP contribution >= 0.6 is 0 Å². The highest BCUT2D eigenvalue weighted by Crippen LogP contribution is 2.16. The zero-order valence-corrected chi connectivity index (χ0v) is 15.0. The van der Waals surface area contributed by atoms with E-state index >= 15 is 0 Å². The first kappa shape index (κ1) is 20.2. The Balaban J connectivity index is 2.27. The standard InChI is InChI=1S/C16H29N3O5/c1-16(2,3)24-15(22)18-8-7-17-14(21)12-6-5-9-19(10-12)13(20)11-23-4/h12H,5-11H2,1-4H3,(H,17,21)(H,18,22)/t12-/m0/s1. The summed E-state index contributed by atoms with van der Waals surface area (Å²) >= 11 is 0. The van der Waals surface area contributed by atoms with E-state index in [2.05, 4.69) is 10.6 Å². The molecule has 1 heterocycles. The third kappa shape index (κ3) is 7.63. The Labute approximate surface area is 143 Å². The summed E-state index contributed by atoms with van der Waals surface area (Å²) in [6.07, 6.45) is 1.04. The third-order valence-electron chi connectivity index (χ3n) is 3.51. The second-order valence-corrected chi connectivity index (χ2v) is 6.83. The molecule has 1 saturated heterocycles. The molecule has 8 heteroatoms. The van der Waals surface area contributed by atoms with E-state index in [1.54, 1.807) is 25.7 Å². The fourth-order valence-corrected chi connectivity index (χ4v) is 2.44. The molecule has 0 bridgehead atoms. The summed E-state index contributed by atoms with van der Waals surface area (Å²) in [7, 11) is 1.48. The van der Waals surface area contributed by atoms with Gasteiger partial charge < -0.3 is 25.0 Å². The highest BCUT2D eigenvalue weighted by atomic mass is 16.6. The monoisotopic (exact) mass is 343 g/mol. The van der Waals surface area contributed by atoms with Crippen LogP contribution in [0.15, 0.2) is 0 Å². The van der Waals surface area contributed by atoms with Crippen LogP contribution in [-0.4, -0.2) is 68.3 Å². The number of nitrogens with one attached hydrogen (secondary N) is 2. The molecule has 24 heavy (non-hydrogen) atoms. The molecule has 1 fully saturated rings. The van der Waals surface area contributed by atoms with Gasteiger partial charge in [0, 0.05) is 33.3 Å². The van der Waals surface area contributed by atoms with Crippen molar-refractivity contribution in [1.29, 1.82) is 0 Å². The lowest BCUT2D eigenvalue weighted by atomic mass is 9.97. The zero-order valence-electron chi connectivity index (χ0n) is 15.0. The molecule has 1 aliphatic rings. The number of piperidine rings is 1. The second kappa shape index (κ2) is 9.46. The van der Waals surface area contributed by atoms with Crippen LogP contribution in [0.3, 0.4) is 0 Å². The molecule has 0 unspecified atom stereocenters. The fraction of sp³-hybridized carbons (Fsp3) is 0.812. The molecule has 8 nitrogen and oxygen atoms in total. The van der Waals surface area contributed by atoms with E-state index in [1.165, 1.54) is 7.11 Å². The molecule has 1 aliphatic heterocycles. The number of carbonyl (C=O) groups excluding carboxylic acids is 3. The van der Waals surface area contributed by atoms with Gasteiger partial charge >= 0.3 is 6.09 Å². The van der Waals surface area contributed by atoms with E-state index < -0.39 is 11.7 Å². The maximum absolute atomic E-state index is 12.2. The van der Waals surface area contributed by atoms with Crippen molar-refractivity contribution >= 4 is 17.9 Å². The molecule has 0 aromatic rings. The molecule has 0 radical (unpaired) electrons. The smallest absolute Gasteiger partial charge is 0.407 e. The topological polar surface area (TPSA) is 97.0 Å². The van der Waals surface area contributed by atoms with Crippen LogP contribution in [0, 0.1) is 5.92 Å². The van der Waals surface area contributed by atoms with Gasteiger partial charge in [-0.2, -0.15) is 0 Å². The number of hydrogen-bond donors (Lipinski definition) is 2. The minimum Gasteiger partial charge on any atom is -0.444 e. The number of carbonyl (C=O) groups is 3. The predicted molar refractivity (Wildman–Crippen MR) is 88.4 cm³/mol. The van der Waals surface area contributed by atoms with Crippen LogP contribution in [0.2, 0.25) is 0 Å². The molecule has 0 aromatic carbocycles. The zero-order chi connectivity index (χ0) is 18.2. The number of methoxy groups -OCH3 is 1. The lowest BCUT2D eigenvalue weighted by Crippen LogP contribution is -2.47. The largest absolute Gasteiger partial charge is 0.444 e. The Morgan fingerprint density at radius 2 is 1.83 bits per heavy atom. The van der Waals surface area contributed by atoms with Gasteiger partial charge in [-0.15, -0.1) is 0 Å². The molecule has 2 N–H and O–H groups in total. The van der Waals surface area contributed by atoms with E-state index in [-0.39, 0.29) is 24.3 Å². The fourth-order valence-electron chi connectivity index (χ4n) is 2.44. The van der Waals surface area contributed by atoms with E-state index in [4.69, 9.17) is 9.47 Å². The van der Waals surface area contributed by atoms with Crippen LogP contribution in [0.1, 0.15) is 33.6 Å². The van der Waals surface area contributed by atoms with Crippen molar-refractivity contribution in [2.45, 2.75) is 39.2 Å². The summed E-state index contributed by atoms with van der Waals surface area (Å²) in [6.45, 7) is 7.07. The summed E-state index contributed by atoms with van der Waals surface area (Å²) in [5.41, 5.74) is -0.548. The first-order valence-corrected chi connectivity index (χ1v) is 8.24. The van der Waals surface area contributed by atoms with Gasteiger partial charge in [0.2, 0.25) is 11.8 Å². The van der Waals surface area contributed by atoms with Gasteiger partial charge in [0.1, 0.15) is 12.2 Å². The van der Waals surface area contributed by atoms with Crippen molar-refractivity contribution in [2.24, 2.45) is 5.92 Å². The number of hydrogen-bond acceptors (Lipinski definition) is 5. The van der Waals surface area contributed by atoms with Crippen LogP contribution in [0.25, 0.3) is 0 Å². The molecular formula is C16H29N3O5. The molecule has 0 saturated carbocycles. The van der Waals surface area contributed by atoms with Crippen LogP contribution in [0.5, 0.6) is 0 Å². The Morgan fingerprint density at radius 1 is 1.17 bits per heavy atom. The van der Waals surface area contributed by atoms with Gasteiger partial charge in [-0.1, -0.05) is 0 Å². The van der Waals surface area contributed by atoms with Crippen molar-refractivity contribution < 1.29 is 23.9 Å². The van der Waals surface area contributed by atoms with E-state index in [0.717, 1.165) is 12.8 Å². The van der Waals surface area contributed by atoms with Crippen molar-refractivity contribution in [3.8, 4) is 0 Å². The second-order valence-electron chi connectivity index (χ2n) is 6.83. The molecule has 1 atom stereocenters. The molecule has 0 spiro atoms. The van der Waals surface area contributed by atoms with Crippen LogP contribution < -0.4 is 10.6 Å². The number of likely N-dealkylation sites (tertiary alicyclic amines) is 1. The maximum Gasteiger partial charge on any atom is 0.407 e. The lowest BCUT2D eigenvalue weighted by molar-refractivity contribution is -0.138. The van der Waals surface area contributed by atoms with Crippen molar-refractivity contribution in [1.82, 2.24) is 15.5 Å². The van der Waals surface area contributed by atoms with Gasteiger partial charge in [0.25, 0.3) is 0 Å². The van der Waals surface area contributed by atoms with Gasteiger partial charge in [-0.3, -0.25) is 9.59 Å². The summed E-state index contributed by atoms with van der Waals surface area (Å²) in [5.74, 6) is -0.418. The van der Waals surface area contributed by atoms with Gasteiger partial charge in [0.15, 0.2) is 0 Å². The van der Waals surface area contributed by atoms with Gasteiger partial charge in [-0.05, 0) is 33.6 Å². The molecular weight excluding hydrogens is 314 g/mol. The van der Waals surface area contributed by atoms with E-state index in [9.17, 15) is 14.4 Å². The van der Waals surface area contributed by atoms with Crippen molar-refractivity contribution in [3.05, 3.63) is 0 Å². The van der Waals surface area contributed by atoms with Gasteiger partial charge in [0.05, 0.1) is 5.92 Å². The SMILES string of the molecule is COCC(=O)N1CCC[C@H](C(=O)NCCNC(=O)OC(C)(C)C)C1. The third-order valence-corrected chi connectivity index (χ3v) is 3.51. The average Bonchev–Trinajstić information content (AvgIpc) is 2.50. The van der Waals surface area contributed by atoms with Crippen LogP contribution in [0.4, 0.5) is 4.79 Å². The Kier molecular flexibility index (Phi) is 7.97. The quantitative estimate of drug-likeness (QED) is 0.685. The van der Waals surface area contributed by atoms with Crippen LogP contribution in [-0.2, 0) is 19.1 Å². The summed E-state index contributed by atoms with van der Waals surface area (Å²) in [4.78, 5) is 37.1. The average molecular weight is 343 g/mol. The highest BCUT2D eigenvalue weighted by Gasteiger charge is 2.28. The maximum atomic E-state index is 12.2. The minimum atomic E-state index is -0.548. The summed E-state index contributed by atoms with van der Waals surface area (Å²) < 4.78 is 9.95. The van der Waals surface area contributed by atoms with E-state index in [0.29, 0.717) is 26.2 Å². The Bertz CT molecular complexity index is 447. The summed E-state index contributed by atoms with van der Waals surface area (Å²) in [5, 5.41) is 5.37. The highest BCUT2D eigenvalue weighted by molar-refractivity contribution is 5.81. The number of amides is 3. The number of nitrogens with zero attached hydrogens (tertiary/aromatic N) is 1. The van der Waals surface area contributed by atoms with Crippen molar-refractivity contribution in [3.63, 3.8) is 0 Å². The minimum absolute atomic E-state index is 0.0359. The number of alkyl carbamates (subject to hydrolysis) is 1. The Morgan fingerprint density at radius 3 is 2.46 bits per heavy atom. The number of ether oxygens (including phenoxy) is 2. The molecule has 138 valence electrons. The molecule has 1 rings (SSSR count). The lowest BCUT2D eigenvalue weighted by Gasteiger charge is -2.32. The first-order chi connectivity index (χ1) is 11.2. The molecule has 3 amide bonds. The Hall–Kier alpha value is -1.83. The number of rotatable bonds is 6. The van der Waals surface area contributed by atoms with E-state index in [1.807, 2.05) is 0 Å². The molecule has 0 aliphatic carbocycles. The molecule has 0 aromatic heterocycles. The normalized spacial score (nSPS) is 18.0. The first-order valence-electron chi connectivity index (χ1n) is 8.24. The van der Waals surface area contributed by atoms with Crippen molar-refractivity contribution in [2.75, 3.05) is 39.9 Å². The van der Waals surface area contributed by atoms with Gasteiger partial charge in [-0.25, -0.2) is 4.79 Å². The predicted octanol–water partition coefficient (Wildman–Crippen LogP) is 0.512. The summed E-state index contributed by atoms with van der Waals surface area (Å²) in [6, 6.07) is 0.